The van der Waals surface area contributed by atoms with Gasteiger partial charge in [0.1, 0.15) is 0 Å². The molecule has 2 N–H and O–H groups in total. The van der Waals surface area contributed by atoms with Crippen LogP contribution in [0.2, 0.25) is 0 Å². The maximum absolute atomic E-state index is 12.5. The highest BCUT2D eigenvalue weighted by Gasteiger charge is 2.27. The molecule has 5 nitrogen and oxygen atoms in total. The number of nitrogens with zero attached hydrogens (tertiary/aromatic N) is 1. The molecule has 2 aromatic rings. The molecule has 0 aromatic heterocycles. The van der Waals surface area contributed by atoms with E-state index in [0.29, 0.717) is 32.5 Å². The van der Waals surface area contributed by atoms with E-state index < -0.39 is 0 Å². The first-order valence-corrected chi connectivity index (χ1v) is 9.48. The standard InChI is InChI=1S/C22H27N3O2/c1-16-8-9-19(17(2)14-16)15-23-21(26)18-10-12-25(13-11-18)22(27)24-20-6-4-3-5-7-20/h3-9,14,18H,10-13,15H2,1-2H3,(H,23,26)(H,24,27). The number of nitrogens with one attached hydrogen (secondary N) is 2. The van der Waals surface area contributed by atoms with Crippen LogP contribution >= 0.6 is 0 Å². The highest BCUT2D eigenvalue weighted by Crippen LogP contribution is 2.19. The number of rotatable bonds is 4. The molecule has 1 saturated heterocycles. The Hall–Kier alpha value is -2.82. The summed E-state index contributed by atoms with van der Waals surface area (Å²) in [6.45, 7) is 5.88. The Kier molecular flexibility index (Phi) is 6.12. The van der Waals surface area contributed by atoms with E-state index in [-0.39, 0.29) is 17.9 Å². The van der Waals surface area contributed by atoms with Gasteiger partial charge in [0.15, 0.2) is 0 Å². The Bertz CT molecular complexity index is 796. The zero-order valence-electron chi connectivity index (χ0n) is 16.0. The molecule has 0 aliphatic carbocycles. The van der Waals surface area contributed by atoms with E-state index in [1.54, 1.807) is 4.90 Å². The molecule has 0 saturated carbocycles. The molecule has 1 aliphatic rings. The Balaban J connectivity index is 1.45. The third-order valence-corrected chi connectivity index (χ3v) is 5.13. The first kappa shape index (κ1) is 19.0. The normalized spacial score (nSPS) is 14.7. The van der Waals surface area contributed by atoms with E-state index in [2.05, 4.69) is 42.7 Å². The van der Waals surface area contributed by atoms with Gasteiger partial charge in [-0.15, -0.1) is 0 Å². The third-order valence-electron chi connectivity index (χ3n) is 5.13. The summed E-state index contributed by atoms with van der Waals surface area (Å²) in [6, 6.07) is 15.6. The van der Waals surface area contributed by atoms with Gasteiger partial charge in [-0.05, 0) is 49.9 Å². The summed E-state index contributed by atoms with van der Waals surface area (Å²) < 4.78 is 0. The summed E-state index contributed by atoms with van der Waals surface area (Å²) in [5.41, 5.74) is 4.36. The molecule has 1 heterocycles. The van der Waals surface area contributed by atoms with Crippen molar-refractivity contribution in [1.29, 1.82) is 0 Å². The maximum Gasteiger partial charge on any atom is 0.321 e. The van der Waals surface area contributed by atoms with Gasteiger partial charge in [0, 0.05) is 31.2 Å². The van der Waals surface area contributed by atoms with Gasteiger partial charge in [-0.25, -0.2) is 4.79 Å². The molecule has 142 valence electrons. The molecule has 1 aliphatic heterocycles. The topological polar surface area (TPSA) is 61.4 Å². The molecule has 0 radical (unpaired) electrons. The maximum atomic E-state index is 12.5. The molecule has 3 rings (SSSR count). The van der Waals surface area contributed by atoms with Crippen molar-refractivity contribution < 1.29 is 9.59 Å². The molecule has 3 amide bonds. The molecule has 27 heavy (non-hydrogen) atoms. The van der Waals surface area contributed by atoms with E-state index in [1.165, 1.54) is 11.1 Å². The fourth-order valence-electron chi connectivity index (χ4n) is 3.44. The summed E-state index contributed by atoms with van der Waals surface area (Å²) in [6.07, 6.45) is 1.39. The van der Waals surface area contributed by atoms with Crippen molar-refractivity contribution >= 4 is 17.6 Å². The van der Waals surface area contributed by atoms with E-state index in [1.807, 2.05) is 30.3 Å². The van der Waals surface area contributed by atoms with Crippen molar-refractivity contribution in [2.75, 3.05) is 18.4 Å². The second kappa shape index (κ2) is 8.71. The molecule has 1 fully saturated rings. The largest absolute Gasteiger partial charge is 0.352 e. The van der Waals surface area contributed by atoms with Crippen LogP contribution in [-0.4, -0.2) is 29.9 Å². The smallest absolute Gasteiger partial charge is 0.321 e. The number of hydrogen-bond donors (Lipinski definition) is 2. The van der Waals surface area contributed by atoms with Crippen molar-refractivity contribution in [2.24, 2.45) is 5.92 Å². The average Bonchev–Trinajstić information content (AvgIpc) is 2.68. The Morgan fingerprint density at radius 3 is 2.41 bits per heavy atom. The zero-order chi connectivity index (χ0) is 19.2. The van der Waals surface area contributed by atoms with Gasteiger partial charge in [-0.1, -0.05) is 42.0 Å². The van der Waals surface area contributed by atoms with Crippen molar-refractivity contribution in [3.05, 3.63) is 65.2 Å². The van der Waals surface area contributed by atoms with Crippen LogP contribution in [0.15, 0.2) is 48.5 Å². The molecule has 5 heteroatoms. The van der Waals surface area contributed by atoms with E-state index in [0.717, 1.165) is 11.3 Å². The summed E-state index contributed by atoms with van der Waals surface area (Å²) in [4.78, 5) is 26.6. The van der Waals surface area contributed by atoms with Crippen LogP contribution in [0.4, 0.5) is 10.5 Å². The van der Waals surface area contributed by atoms with E-state index in [9.17, 15) is 9.59 Å². The minimum Gasteiger partial charge on any atom is -0.352 e. The number of likely N-dealkylation sites (tertiary alicyclic amines) is 1. The molecular formula is C22H27N3O2. The van der Waals surface area contributed by atoms with Gasteiger partial charge in [0.2, 0.25) is 5.91 Å². The Morgan fingerprint density at radius 1 is 1.04 bits per heavy atom. The first-order chi connectivity index (χ1) is 13.0. The monoisotopic (exact) mass is 365 g/mol. The molecular weight excluding hydrogens is 338 g/mol. The Morgan fingerprint density at radius 2 is 1.74 bits per heavy atom. The highest BCUT2D eigenvalue weighted by atomic mass is 16.2. The third kappa shape index (κ3) is 5.09. The predicted octanol–water partition coefficient (Wildman–Crippen LogP) is 3.86. The number of hydrogen-bond acceptors (Lipinski definition) is 2. The lowest BCUT2D eigenvalue weighted by atomic mass is 9.96. The number of carbonyl (C=O) groups excluding carboxylic acids is 2. The lowest BCUT2D eigenvalue weighted by Gasteiger charge is -2.31. The SMILES string of the molecule is Cc1ccc(CNC(=O)C2CCN(C(=O)Nc3ccccc3)CC2)c(C)c1. The lowest BCUT2D eigenvalue weighted by molar-refractivity contribution is -0.126. The van der Waals surface area contributed by atoms with Gasteiger partial charge >= 0.3 is 6.03 Å². The molecule has 0 unspecified atom stereocenters. The Labute approximate surface area is 160 Å². The van der Waals surface area contributed by atoms with Gasteiger partial charge < -0.3 is 15.5 Å². The highest BCUT2D eigenvalue weighted by molar-refractivity contribution is 5.89. The molecule has 2 aromatic carbocycles. The fraction of sp³-hybridized carbons (Fsp3) is 0.364. The average molecular weight is 365 g/mol. The van der Waals surface area contributed by atoms with Gasteiger partial charge in [-0.2, -0.15) is 0 Å². The predicted molar refractivity (Wildman–Crippen MR) is 108 cm³/mol. The summed E-state index contributed by atoms with van der Waals surface area (Å²) >= 11 is 0. The van der Waals surface area contributed by atoms with Crippen LogP contribution in [-0.2, 0) is 11.3 Å². The number of amides is 3. The number of carbonyl (C=O) groups is 2. The minimum absolute atomic E-state index is 0.0310. The zero-order valence-corrected chi connectivity index (χ0v) is 16.0. The lowest BCUT2D eigenvalue weighted by Crippen LogP contribution is -2.44. The molecule has 0 bridgehead atoms. The number of piperidine rings is 1. The second-order valence-corrected chi connectivity index (χ2v) is 7.21. The van der Waals surface area contributed by atoms with Crippen LogP contribution in [0.25, 0.3) is 0 Å². The van der Waals surface area contributed by atoms with Gasteiger partial charge in [0.05, 0.1) is 0 Å². The van der Waals surface area contributed by atoms with Crippen LogP contribution in [0, 0.1) is 19.8 Å². The van der Waals surface area contributed by atoms with Crippen LogP contribution < -0.4 is 10.6 Å². The molecule has 0 atom stereocenters. The van der Waals surface area contributed by atoms with Crippen LogP contribution in [0.1, 0.15) is 29.5 Å². The molecule has 0 spiro atoms. The van der Waals surface area contributed by atoms with Crippen LogP contribution in [0.3, 0.4) is 0 Å². The summed E-state index contributed by atoms with van der Waals surface area (Å²) in [5, 5.41) is 5.95. The fourth-order valence-corrected chi connectivity index (χ4v) is 3.44. The minimum atomic E-state index is -0.102. The first-order valence-electron chi connectivity index (χ1n) is 9.48. The number of benzene rings is 2. The van der Waals surface area contributed by atoms with Gasteiger partial charge in [-0.3, -0.25) is 4.79 Å². The van der Waals surface area contributed by atoms with Crippen molar-refractivity contribution in [3.63, 3.8) is 0 Å². The van der Waals surface area contributed by atoms with Crippen molar-refractivity contribution in [3.8, 4) is 0 Å². The summed E-state index contributed by atoms with van der Waals surface area (Å²) in [7, 11) is 0. The number of para-hydroxylation sites is 1. The van der Waals surface area contributed by atoms with Gasteiger partial charge in [0.25, 0.3) is 0 Å². The van der Waals surface area contributed by atoms with Crippen molar-refractivity contribution in [2.45, 2.75) is 33.2 Å². The number of urea groups is 1. The van der Waals surface area contributed by atoms with E-state index >= 15 is 0 Å². The second-order valence-electron chi connectivity index (χ2n) is 7.21. The van der Waals surface area contributed by atoms with Crippen LogP contribution in [0.5, 0.6) is 0 Å². The van der Waals surface area contributed by atoms with Crippen molar-refractivity contribution in [1.82, 2.24) is 10.2 Å². The number of aryl methyl sites for hydroxylation is 2. The summed E-state index contributed by atoms with van der Waals surface area (Å²) in [5.74, 6) is 0.0506. The quantitative estimate of drug-likeness (QED) is 0.864. The number of anilines is 1. The van der Waals surface area contributed by atoms with E-state index in [4.69, 9.17) is 0 Å².